The standard InChI is InChI=1S/C33H50O4Si/c1-6-8-9-10-11-12-22-35-30-17-15-28(16-18-30)33(34)37-31-19-13-27(14-20-31)29-24-32(36-25-29)21-23-38(4,5)26(3)7-2/h13-20,26,29,32H,6-12,21-25H2,1-5H3/t26?,29-,32+/m1/s1. The minimum Gasteiger partial charge on any atom is -0.494 e. The second-order valence-electron chi connectivity index (χ2n) is 11.8. The maximum atomic E-state index is 12.6. The zero-order chi connectivity index (χ0) is 27.4. The van der Waals surface area contributed by atoms with Gasteiger partial charge >= 0.3 is 5.97 Å². The van der Waals surface area contributed by atoms with Crippen LogP contribution in [0.15, 0.2) is 48.5 Å². The van der Waals surface area contributed by atoms with Gasteiger partial charge < -0.3 is 14.2 Å². The van der Waals surface area contributed by atoms with Gasteiger partial charge in [-0.05, 0) is 66.8 Å². The lowest BCUT2D eigenvalue weighted by Crippen LogP contribution is -2.31. The maximum absolute atomic E-state index is 12.6. The van der Waals surface area contributed by atoms with Gasteiger partial charge in [-0.2, -0.15) is 0 Å². The number of rotatable bonds is 16. The summed E-state index contributed by atoms with van der Waals surface area (Å²) in [6.45, 7) is 13.5. The number of esters is 1. The molecule has 38 heavy (non-hydrogen) atoms. The summed E-state index contributed by atoms with van der Waals surface area (Å²) >= 11 is 0. The number of benzene rings is 2. The van der Waals surface area contributed by atoms with E-state index in [-0.39, 0.29) is 5.97 Å². The summed E-state index contributed by atoms with van der Waals surface area (Å²) in [6.07, 6.45) is 11.3. The fourth-order valence-corrected chi connectivity index (χ4v) is 7.87. The van der Waals surface area contributed by atoms with Crippen molar-refractivity contribution in [1.29, 1.82) is 0 Å². The highest BCUT2D eigenvalue weighted by atomic mass is 28.3. The van der Waals surface area contributed by atoms with Gasteiger partial charge in [0.1, 0.15) is 11.5 Å². The van der Waals surface area contributed by atoms with Crippen LogP contribution in [0.5, 0.6) is 11.5 Å². The van der Waals surface area contributed by atoms with Crippen LogP contribution >= 0.6 is 0 Å². The van der Waals surface area contributed by atoms with Crippen LogP contribution in [0.3, 0.4) is 0 Å². The van der Waals surface area contributed by atoms with Crippen LogP contribution in [0.1, 0.15) is 100 Å². The Morgan fingerprint density at radius 1 is 0.947 bits per heavy atom. The molecule has 1 unspecified atom stereocenters. The molecule has 210 valence electrons. The van der Waals surface area contributed by atoms with E-state index in [0.29, 0.717) is 29.9 Å². The Balaban J connectivity index is 1.41. The lowest BCUT2D eigenvalue weighted by molar-refractivity contribution is 0.0734. The minimum absolute atomic E-state index is 0.349. The summed E-state index contributed by atoms with van der Waals surface area (Å²) < 4.78 is 17.6. The van der Waals surface area contributed by atoms with Gasteiger partial charge in [-0.25, -0.2) is 4.79 Å². The molecule has 1 fully saturated rings. The van der Waals surface area contributed by atoms with E-state index in [1.807, 2.05) is 24.3 Å². The van der Waals surface area contributed by atoms with Crippen molar-refractivity contribution in [3.63, 3.8) is 0 Å². The lowest BCUT2D eigenvalue weighted by atomic mass is 9.95. The van der Waals surface area contributed by atoms with E-state index in [4.69, 9.17) is 14.2 Å². The van der Waals surface area contributed by atoms with Gasteiger partial charge in [0.15, 0.2) is 0 Å². The Morgan fingerprint density at radius 3 is 2.29 bits per heavy atom. The molecule has 2 aromatic rings. The van der Waals surface area contributed by atoms with Gasteiger partial charge in [0.05, 0.1) is 33.0 Å². The zero-order valence-electron chi connectivity index (χ0n) is 24.5. The smallest absolute Gasteiger partial charge is 0.343 e. The van der Waals surface area contributed by atoms with E-state index in [1.165, 1.54) is 56.6 Å². The predicted octanol–water partition coefficient (Wildman–Crippen LogP) is 9.42. The van der Waals surface area contributed by atoms with Crippen molar-refractivity contribution in [3.05, 3.63) is 59.7 Å². The Labute approximate surface area is 232 Å². The van der Waals surface area contributed by atoms with Crippen LogP contribution in [-0.4, -0.2) is 33.4 Å². The van der Waals surface area contributed by atoms with Crippen molar-refractivity contribution in [2.75, 3.05) is 13.2 Å². The molecule has 3 rings (SSSR count). The summed E-state index contributed by atoms with van der Waals surface area (Å²) in [4.78, 5) is 12.6. The largest absolute Gasteiger partial charge is 0.494 e. The van der Waals surface area contributed by atoms with E-state index < -0.39 is 8.07 Å². The Hall–Kier alpha value is -2.11. The molecule has 5 heteroatoms. The van der Waals surface area contributed by atoms with Crippen LogP contribution in [0.4, 0.5) is 0 Å². The highest BCUT2D eigenvalue weighted by Gasteiger charge is 2.31. The molecule has 1 saturated heterocycles. The Bertz CT molecular complexity index is 954. The molecule has 0 aliphatic carbocycles. The van der Waals surface area contributed by atoms with Crippen molar-refractivity contribution in [2.24, 2.45) is 0 Å². The SMILES string of the molecule is CCCCCCCCOc1ccc(C(=O)Oc2ccc([C@H]3CO[C@@H](CC[Si](C)(C)C(C)CC)C3)cc2)cc1. The highest BCUT2D eigenvalue weighted by Crippen LogP contribution is 2.36. The number of hydrogen-bond acceptors (Lipinski definition) is 4. The third kappa shape index (κ3) is 9.57. The third-order valence-electron chi connectivity index (χ3n) is 8.56. The second-order valence-corrected chi connectivity index (χ2v) is 17.3. The van der Waals surface area contributed by atoms with E-state index in [1.54, 1.807) is 12.1 Å². The van der Waals surface area contributed by atoms with Crippen molar-refractivity contribution in [2.45, 2.75) is 115 Å². The monoisotopic (exact) mass is 538 g/mol. The normalized spacial score (nSPS) is 18.3. The van der Waals surface area contributed by atoms with E-state index >= 15 is 0 Å². The second kappa shape index (κ2) is 15.5. The summed E-state index contributed by atoms with van der Waals surface area (Å²) in [5, 5.41) is 0. The number of carbonyl (C=O) groups is 1. The first-order valence-corrected chi connectivity index (χ1v) is 18.3. The summed E-state index contributed by atoms with van der Waals surface area (Å²) in [5.41, 5.74) is 2.64. The van der Waals surface area contributed by atoms with Crippen LogP contribution in [-0.2, 0) is 4.74 Å². The number of hydrogen-bond donors (Lipinski definition) is 0. The van der Waals surface area contributed by atoms with E-state index in [0.717, 1.165) is 30.7 Å². The maximum Gasteiger partial charge on any atom is 0.343 e. The molecule has 1 aliphatic rings. The summed E-state index contributed by atoms with van der Waals surface area (Å²) in [5.74, 6) is 1.43. The molecule has 0 N–H and O–H groups in total. The number of unbranched alkanes of at least 4 members (excludes halogenated alkanes) is 5. The molecule has 0 saturated carbocycles. The fourth-order valence-electron chi connectivity index (χ4n) is 5.20. The topological polar surface area (TPSA) is 44.8 Å². The molecule has 1 heterocycles. The quantitative estimate of drug-likeness (QED) is 0.0924. The van der Waals surface area contributed by atoms with Crippen molar-refractivity contribution >= 4 is 14.0 Å². The van der Waals surface area contributed by atoms with Crippen molar-refractivity contribution in [1.82, 2.24) is 0 Å². The van der Waals surface area contributed by atoms with Crippen LogP contribution in [0.2, 0.25) is 24.7 Å². The molecule has 0 spiro atoms. The van der Waals surface area contributed by atoms with Crippen molar-refractivity contribution < 1.29 is 19.0 Å². The van der Waals surface area contributed by atoms with Crippen LogP contribution < -0.4 is 9.47 Å². The molecule has 0 radical (unpaired) electrons. The zero-order valence-corrected chi connectivity index (χ0v) is 25.5. The van der Waals surface area contributed by atoms with Gasteiger partial charge in [0, 0.05) is 5.92 Å². The lowest BCUT2D eigenvalue weighted by Gasteiger charge is -2.30. The predicted molar refractivity (Wildman–Crippen MR) is 160 cm³/mol. The summed E-state index contributed by atoms with van der Waals surface area (Å²) in [6, 6.07) is 16.5. The molecule has 3 atom stereocenters. The Morgan fingerprint density at radius 2 is 1.61 bits per heavy atom. The Kier molecular flexibility index (Phi) is 12.4. The average Bonchev–Trinajstić information content (AvgIpc) is 3.41. The molecule has 0 amide bonds. The van der Waals surface area contributed by atoms with Crippen LogP contribution in [0.25, 0.3) is 0 Å². The highest BCUT2D eigenvalue weighted by molar-refractivity contribution is 6.78. The van der Waals surface area contributed by atoms with Crippen molar-refractivity contribution in [3.8, 4) is 11.5 Å². The molecular formula is C33H50O4Si. The number of ether oxygens (including phenoxy) is 3. The first-order valence-electron chi connectivity index (χ1n) is 15.0. The van der Waals surface area contributed by atoms with E-state index in [2.05, 4.69) is 46.0 Å². The third-order valence-corrected chi connectivity index (χ3v) is 13.2. The number of carbonyl (C=O) groups excluding carboxylic acids is 1. The fraction of sp³-hybridized carbons (Fsp3) is 0.606. The average molecular weight is 539 g/mol. The molecule has 1 aliphatic heterocycles. The van der Waals surface area contributed by atoms with Gasteiger partial charge in [-0.15, -0.1) is 0 Å². The van der Waals surface area contributed by atoms with Crippen LogP contribution in [0, 0.1) is 0 Å². The molecule has 2 aromatic carbocycles. The van der Waals surface area contributed by atoms with Gasteiger partial charge in [-0.1, -0.05) is 90.6 Å². The van der Waals surface area contributed by atoms with Gasteiger partial charge in [-0.3, -0.25) is 0 Å². The minimum atomic E-state index is -1.18. The molecule has 0 bridgehead atoms. The first kappa shape index (κ1) is 30.4. The molecule has 4 nitrogen and oxygen atoms in total. The van der Waals surface area contributed by atoms with Gasteiger partial charge in [0.25, 0.3) is 0 Å². The van der Waals surface area contributed by atoms with E-state index in [9.17, 15) is 4.79 Å². The first-order chi connectivity index (χ1) is 18.3. The molecular weight excluding hydrogens is 488 g/mol. The van der Waals surface area contributed by atoms with Gasteiger partial charge in [0.2, 0.25) is 0 Å². The molecule has 0 aromatic heterocycles. The summed E-state index contributed by atoms with van der Waals surface area (Å²) in [7, 11) is -1.18.